The fraction of sp³-hybridized carbons (Fsp3) is 0.233. The number of anilines is 2. The first-order valence-electron chi connectivity index (χ1n) is 12.8. The van der Waals surface area contributed by atoms with Gasteiger partial charge in [0, 0.05) is 38.5 Å². The van der Waals surface area contributed by atoms with Crippen LogP contribution < -0.4 is 25.7 Å². The molecule has 11 nitrogen and oxygen atoms in total. The number of hydrogen-bond acceptors (Lipinski definition) is 8. The summed E-state index contributed by atoms with van der Waals surface area (Å²) in [5.41, 5.74) is 1.89. The molecule has 1 unspecified atom stereocenters. The Morgan fingerprint density at radius 2 is 1.60 bits per heavy atom. The molecule has 0 spiro atoms. The quantitative estimate of drug-likeness (QED) is 0.168. The molecule has 0 aliphatic heterocycles. The molecule has 42 heavy (non-hydrogen) atoms. The highest BCUT2D eigenvalue weighted by Crippen LogP contribution is 2.32. The molecule has 4 aromatic rings. The van der Waals surface area contributed by atoms with E-state index in [4.69, 9.17) is 14.5 Å². The molecule has 0 saturated heterocycles. The van der Waals surface area contributed by atoms with Crippen LogP contribution in [0.25, 0.3) is 16.6 Å². The van der Waals surface area contributed by atoms with Gasteiger partial charge in [-0.1, -0.05) is 23.9 Å². The van der Waals surface area contributed by atoms with Crippen LogP contribution >= 0.6 is 11.8 Å². The molecule has 0 saturated carbocycles. The molecule has 0 radical (unpaired) electrons. The summed E-state index contributed by atoms with van der Waals surface area (Å²) in [6.45, 7) is 3.16. The second kappa shape index (κ2) is 14.7. The monoisotopic (exact) mass is 591 g/mol. The minimum Gasteiger partial charge on any atom is -0.497 e. The molecular weight excluding hydrogens is 558 g/mol. The van der Waals surface area contributed by atoms with Crippen LogP contribution in [0.4, 0.5) is 11.4 Å². The molecule has 12 heteroatoms. The minimum atomic E-state index is -0.606. The molecule has 1 atom stereocenters. The van der Waals surface area contributed by atoms with Gasteiger partial charge in [0.25, 0.3) is 5.56 Å². The number of nitrogens with zero attached hydrogens (tertiary/aromatic N) is 3. The van der Waals surface area contributed by atoms with Gasteiger partial charge in [0.1, 0.15) is 11.5 Å². The summed E-state index contributed by atoms with van der Waals surface area (Å²) >= 11 is 1.15. The lowest BCUT2D eigenvalue weighted by atomic mass is 10.2. The van der Waals surface area contributed by atoms with Crippen molar-refractivity contribution in [1.29, 1.82) is 0 Å². The van der Waals surface area contributed by atoms with Gasteiger partial charge in [-0.25, -0.2) is 4.98 Å². The summed E-state index contributed by atoms with van der Waals surface area (Å²) in [4.78, 5) is 53.5. The average molecular weight is 592 g/mol. The van der Waals surface area contributed by atoms with Gasteiger partial charge in [0.15, 0.2) is 5.16 Å². The number of ether oxygens (including phenoxy) is 2. The van der Waals surface area contributed by atoms with E-state index in [0.29, 0.717) is 44.6 Å². The molecule has 4 rings (SSSR count). The van der Waals surface area contributed by atoms with E-state index in [1.54, 1.807) is 87.7 Å². The van der Waals surface area contributed by atoms with E-state index < -0.39 is 5.25 Å². The Morgan fingerprint density at radius 3 is 2.17 bits per heavy atom. The zero-order valence-electron chi connectivity index (χ0n) is 24.2. The number of carbonyl (C=O) groups excluding carboxylic acids is 3. The lowest BCUT2D eigenvalue weighted by molar-refractivity contribution is -0.116. The van der Waals surface area contributed by atoms with Crippen molar-refractivity contribution in [2.45, 2.75) is 24.3 Å². The Morgan fingerprint density at radius 1 is 0.976 bits per heavy atom. The van der Waals surface area contributed by atoms with E-state index in [1.807, 2.05) is 0 Å². The third-order valence-corrected chi connectivity index (χ3v) is 6.76. The van der Waals surface area contributed by atoms with E-state index in [1.165, 1.54) is 30.6 Å². The first-order valence-corrected chi connectivity index (χ1v) is 13.7. The maximum atomic E-state index is 13.7. The van der Waals surface area contributed by atoms with Gasteiger partial charge in [0.2, 0.25) is 18.2 Å². The second-order valence-corrected chi connectivity index (χ2v) is 10.5. The maximum Gasteiger partial charge on any atom is 0.266 e. The molecule has 0 fully saturated rings. The van der Waals surface area contributed by atoms with Gasteiger partial charge in [0.05, 0.1) is 36.1 Å². The van der Waals surface area contributed by atoms with E-state index >= 15 is 0 Å². The fourth-order valence-electron chi connectivity index (χ4n) is 3.67. The Balaban J connectivity index is 0.000000892. The van der Waals surface area contributed by atoms with Crippen molar-refractivity contribution in [3.8, 4) is 17.2 Å². The smallest absolute Gasteiger partial charge is 0.266 e. The molecule has 0 aliphatic carbocycles. The highest BCUT2D eigenvalue weighted by atomic mass is 32.2. The number of benzene rings is 3. The summed E-state index contributed by atoms with van der Waals surface area (Å²) in [5.74, 6) is 0.547. The summed E-state index contributed by atoms with van der Waals surface area (Å²) in [6.07, 6.45) is 0.750. The molecule has 2 N–H and O–H groups in total. The highest BCUT2D eigenvalue weighted by Gasteiger charge is 2.22. The number of fused-ring (bicyclic) bond motifs is 1. The number of para-hydroxylation sites is 1. The van der Waals surface area contributed by atoms with E-state index in [-0.39, 0.29) is 17.4 Å². The van der Waals surface area contributed by atoms with Gasteiger partial charge >= 0.3 is 0 Å². The topological polar surface area (TPSA) is 132 Å². The fourth-order valence-corrected chi connectivity index (χ4v) is 4.59. The summed E-state index contributed by atoms with van der Waals surface area (Å²) in [5, 5.41) is 5.71. The summed E-state index contributed by atoms with van der Waals surface area (Å²) in [7, 11) is 6.43. The van der Waals surface area contributed by atoms with Gasteiger partial charge in [-0.3, -0.25) is 23.7 Å². The van der Waals surface area contributed by atoms with Crippen LogP contribution in [0.15, 0.2) is 76.7 Å². The molecule has 1 aromatic heterocycles. The Kier molecular flexibility index (Phi) is 11.1. The Labute approximate surface area is 247 Å². The van der Waals surface area contributed by atoms with Gasteiger partial charge < -0.3 is 25.0 Å². The van der Waals surface area contributed by atoms with Crippen LogP contribution in [0, 0.1) is 0 Å². The number of nitrogens with one attached hydrogen (secondary N) is 2. The number of methoxy groups -OCH3 is 2. The van der Waals surface area contributed by atoms with Crippen LogP contribution in [0.3, 0.4) is 0 Å². The number of thioether (sulfide) groups is 1. The molecule has 0 aliphatic rings. The molecule has 220 valence electrons. The Hall–Kier alpha value is -4.84. The van der Waals surface area contributed by atoms with Crippen molar-refractivity contribution in [3.05, 3.63) is 77.1 Å². The third-order valence-electron chi connectivity index (χ3n) is 5.71. The number of hydrogen-bond donors (Lipinski definition) is 2. The maximum absolute atomic E-state index is 13.7. The number of amides is 3. The summed E-state index contributed by atoms with van der Waals surface area (Å²) in [6, 6.07) is 19.0. The molecule has 1 heterocycles. The highest BCUT2D eigenvalue weighted by molar-refractivity contribution is 8.00. The Bertz CT molecular complexity index is 1620. The predicted molar refractivity (Wildman–Crippen MR) is 165 cm³/mol. The largest absolute Gasteiger partial charge is 0.497 e. The van der Waals surface area contributed by atoms with Gasteiger partial charge in [-0.15, -0.1) is 0 Å². The number of carbonyl (C=O) groups is 3. The lowest BCUT2D eigenvalue weighted by Gasteiger charge is -2.18. The van der Waals surface area contributed by atoms with Crippen LogP contribution in [0.5, 0.6) is 11.5 Å². The van der Waals surface area contributed by atoms with Crippen LogP contribution in [0.1, 0.15) is 13.8 Å². The predicted octanol–water partition coefficient (Wildman–Crippen LogP) is 4.19. The van der Waals surface area contributed by atoms with E-state index in [9.17, 15) is 19.2 Å². The van der Waals surface area contributed by atoms with Crippen LogP contribution in [-0.2, 0) is 14.4 Å². The van der Waals surface area contributed by atoms with Gasteiger partial charge in [-0.05, 0) is 55.5 Å². The van der Waals surface area contributed by atoms with Crippen molar-refractivity contribution in [2.24, 2.45) is 0 Å². The standard InChI is InChI=1S/C27H26N4O5S.C3H7NO/c1-16(25(33)29-19-11-9-18(10-12-19)28-17(2)32)37-27-30-22-8-6-5-7-21(22)26(34)31(27)23-15-20(35-3)13-14-24(23)36-4;1-4(2)3-5/h5-16H,1-4H3,(H,28,32)(H,29,33);3H,1-2H3. The normalized spacial score (nSPS) is 11.0. The van der Waals surface area contributed by atoms with Crippen molar-refractivity contribution >= 4 is 52.3 Å². The minimum absolute atomic E-state index is 0.177. The lowest BCUT2D eigenvalue weighted by Crippen LogP contribution is -2.26. The van der Waals surface area contributed by atoms with Gasteiger partial charge in [-0.2, -0.15) is 0 Å². The van der Waals surface area contributed by atoms with Crippen molar-refractivity contribution in [2.75, 3.05) is 38.9 Å². The van der Waals surface area contributed by atoms with Crippen molar-refractivity contribution in [1.82, 2.24) is 14.5 Å². The molecule has 3 aromatic carbocycles. The zero-order chi connectivity index (χ0) is 30.8. The first kappa shape index (κ1) is 31.7. The van der Waals surface area contributed by atoms with Crippen LogP contribution in [-0.4, -0.2) is 66.2 Å². The third kappa shape index (κ3) is 8.10. The average Bonchev–Trinajstić information content (AvgIpc) is 2.98. The van der Waals surface area contributed by atoms with Crippen LogP contribution in [0.2, 0.25) is 0 Å². The second-order valence-electron chi connectivity index (χ2n) is 9.17. The SMILES string of the molecule is CN(C)C=O.COc1ccc(OC)c(-n2c(SC(C)C(=O)Nc3ccc(NC(C)=O)cc3)nc3ccccc3c2=O)c1. The number of aromatic nitrogens is 2. The van der Waals surface area contributed by atoms with E-state index in [2.05, 4.69) is 10.6 Å². The van der Waals surface area contributed by atoms with Crippen molar-refractivity contribution < 1.29 is 23.9 Å². The molecule has 3 amide bonds. The molecule has 0 bridgehead atoms. The van der Waals surface area contributed by atoms with E-state index in [0.717, 1.165) is 18.2 Å². The number of rotatable bonds is 9. The summed E-state index contributed by atoms with van der Waals surface area (Å²) < 4.78 is 12.3. The zero-order valence-corrected chi connectivity index (χ0v) is 25.0. The van der Waals surface area contributed by atoms with Crippen molar-refractivity contribution in [3.63, 3.8) is 0 Å². The molecular formula is C30H33N5O6S. The first-order chi connectivity index (χ1) is 20.1.